The highest BCUT2D eigenvalue weighted by Gasteiger charge is 2.36. The van der Waals surface area contributed by atoms with Gasteiger partial charge < -0.3 is 4.57 Å². The van der Waals surface area contributed by atoms with Gasteiger partial charge >= 0.3 is 0 Å². The van der Waals surface area contributed by atoms with Crippen LogP contribution in [0.2, 0.25) is 0 Å². The Morgan fingerprint density at radius 3 is 1.40 bits per heavy atom. The second-order valence-corrected chi connectivity index (χ2v) is 15.8. The lowest BCUT2D eigenvalue weighted by Crippen LogP contribution is -2.46. The molecule has 0 bridgehead atoms. The molecule has 0 aliphatic carbocycles. The average molecular weight is 633 g/mol. The molecule has 0 N–H and O–H groups in total. The fraction of sp³-hybridized carbons (Fsp3) is 0.233. The first-order valence-electron chi connectivity index (χ1n) is 17.2. The summed E-state index contributed by atoms with van der Waals surface area (Å²) in [5, 5.41) is 1.22. The predicted octanol–water partition coefficient (Wildman–Crippen LogP) is 7.93. The molecule has 1 heterocycles. The van der Waals surface area contributed by atoms with E-state index >= 15 is 0 Å². The molecule has 4 heteroatoms. The van der Waals surface area contributed by atoms with E-state index in [-0.39, 0.29) is 5.16 Å². The van der Waals surface area contributed by atoms with E-state index in [1.807, 2.05) is 12.5 Å². The molecule has 0 unspecified atom stereocenters. The number of nitrogens with zero attached hydrogens (tertiary/aromatic N) is 2. The van der Waals surface area contributed by atoms with Gasteiger partial charge in [-0.3, -0.25) is 0 Å². The maximum absolute atomic E-state index is 4.48. The third-order valence-electron chi connectivity index (χ3n) is 9.00. The van der Waals surface area contributed by atoms with E-state index in [9.17, 15) is 0 Å². The number of benzene rings is 5. The molecule has 0 radical (unpaired) electrons. The maximum atomic E-state index is 4.48. The molecule has 6 aromatic rings. The van der Waals surface area contributed by atoms with Gasteiger partial charge in [0.2, 0.25) is 0 Å². The summed E-state index contributed by atoms with van der Waals surface area (Å²) in [4.78, 5) is 4.48. The molecule has 0 saturated heterocycles. The zero-order valence-corrected chi connectivity index (χ0v) is 30.2. The maximum Gasteiger partial charge on any atom is 0.116 e. The van der Waals surface area contributed by atoms with Crippen LogP contribution in [0.5, 0.6) is 0 Å². The molecular formula is C43H49BN2Si. The van der Waals surface area contributed by atoms with E-state index in [4.69, 9.17) is 0 Å². The van der Waals surface area contributed by atoms with Crippen LogP contribution in [0.15, 0.2) is 158 Å². The van der Waals surface area contributed by atoms with Crippen molar-refractivity contribution in [2.45, 2.75) is 51.5 Å². The number of hydrogen-bond donors (Lipinski definition) is 0. The second-order valence-electron chi connectivity index (χ2n) is 13.6. The highest BCUT2D eigenvalue weighted by Crippen LogP contribution is 2.34. The molecule has 0 aliphatic rings. The Bertz CT molecular complexity index is 1640. The molecular weight excluding hydrogens is 583 g/mol. The van der Waals surface area contributed by atoms with Crippen LogP contribution in [-0.2, 0) is 18.0 Å². The van der Waals surface area contributed by atoms with Gasteiger partial charge in [-0.1, -0.05) is 172 Å². The molecule has 0 aliphatic heterocycles. The number of aromatic nitrogens is 2. The van der Waals surface area contributed by atoms with E-state index in [1.54, 1.807) is 0 Å². The van der Waals surface area contributed by atoms with Crippen LogP contribution in [0.1, 0.15) is 66.9 Å². The lowest BCUT2D eigenvalue weighted by molar-refractivity contribution is 0.594. The Hall–Kier alpha value is -4.41. The summed E-state index contributed by atoms with van der Waals surface area (Å²) < 4.78 is 2.35. The normalized spacial score (nSPS) is 11.7. The van der Waals surface area contributed by atoms with E-state index in [2.05, 4.69) is 191 Å². The molecule has 47 heavy (non-hydrogen) atoms. The molecule has 0 saturated carbocycles. The topological polar surface area (TPSA) is 17.8 Å². The van der Waals surface area contributed by atoms with Gasteiger partial charge in [0.05, 0.1) is 21.0 Å². The van der Waals surface area contributed by atoms with Crippen molar-refractivity contribution in [2.75, 3.05) is 0 Å². The van der Waals surface area contributed by atoms with Crippen LogP contribution in [0.4, 0.5) is 0 Å². The fourth-order valence-electron chi connectivity index (χ4n) is 6.59. The Balaban J connectivity index is 0.000000257. The third-order valence-corrected chi connectivity index (χ3v) is 11.6. The van der Waals surface area contributed by atoms with E-state index in [1.165, 1.54) is 38.6 Å². The number of rotatable bonds is 11. The van der Waals surface area contributed by atoms with E-state index in [0.717, 1.165) is 12.8 Å². The van der Waals surface area contributed by atoms with Crippen molar-refractivity contribution in [1.82, 2.24) is 9.55 Å². The molecule has 0 spiro atoms. The zero-order chi connectivity index (χ0) is 33.1. The van der Waals surface area contributed by atoms with Gasteiger partial charge in [0.15, 0.2) is 0 Å². The Morgan fingerprint density at radius 1 is 0.596 bits per heavy atom. The molecule has 0 atom stereocenters. The van der Waals surface area contributed by atoms with Gasteiger partial charge in [-0.15, -0.1) is 0 Å². The standard InChI is InChI=1S/C30H36N2Si.C13H13B/c1-23(2)20-25-10-14-27(15-11-25)30(32-19-18-31-22-32,33-29-8-6-5-7-9-29)28-16-12-26(13-17-28)21-24(3)4;14-13(11-7-3-1-4-8-11)12-9-5-2-6-10-12/h5-19,22-24H,20-21,33H2,1-4H3;1-10,13H,14H2. The van der Waals surface area contributed by atoms with Gasteiger partial charge in [0.1, 0.15) is 7.85 Å². The van der Waals surface area contributed by atoms with Crippen LogP contribution in [0.3, 0.4) is 0 Å². The highest BCUT2D eigenvalue weighted by molar-refractivity contribution is 6.57. The van der Waals surface area contributed by atoms with Gasteiger partial charge in [0, 0.05) is 12.4 Å². The Morgan fingerprint density at radius 2 is 1.02 bits per heavy atom. The van der Waals surface area contributed by atoms with Crippen LogP contribution < -0.4 is 5.19 Å². The molecule has 2 nitrogen and oxygen atoms in total. The summed E-state index contributed by atoms with van der Waals surface area (Å²) in [5.74, 6) is 1.79. The molecule has 6 rings (SSSR count). The Kier molecular flexibility index (Phi) is 11.9. The quantitative estimate of drug-likeness (QED) is 0.133. The lowest BCUT2D eigenvalue weighted by atomic mass is 9.76. The van der Waals surface area contributed by atoms with Crippen LogP contribution in [0.25, 0.3) is 0 Å². The number of imidazole rings is 1. The van der Waals surface area contributed by atoms with Crippen molar-refractivity contribution < 1.29 is 0 Å². The summed E-state index contributed by atoms with van der Waals surface area (Å²) in [7, 11) is 1.43. The van der Waals surface area contributed by atoms with Crippen LogP contribution >= 0.6 is 0 Å². The average Bonchev–Trinajstić information content (AvgIpc) is 3.65. The Labute approximate surface area is 286 Å². The lowest BCUT2D eigenvalue weighted by Gasteiger charge is -2.37. The van der Waals surface area contributed by atoms with Gasteiger partial charge in [0.25, 0.3) is 0 Å². The van der Waals surface area contributed by atoms with Gasteiger partial charge in [-0.2, -0.15) is 0 Å². The number of hydrogen-bond acceptors (Lipinski definition) is 1. The third kappa shape index (κ3) is 8.90. The minimum Gasteiger partial charge on any atom is -0.326 e. The molecule has 238 valence electrons. The van der Waals surface area contributed by atoms with E-state index in [0.29, 0.717) is 17.7 Å². The summed E-state index contributed by atoms with van der Waals surface area (Å²) in [6.07, 6.45) is 8.27. The van der Waals surface area contributed by atoms with Crippen molar-refractivity contribution in [2.24, 2.45) is 11.8 Å². The van der Waals surface area contributed by atoms with Crippen molar-refractivity contribution in [3.8, 4) is 0 Å². The monoisotopic (exact) mass is 632 g/mol. The minimum absolute atomic E-state index is 0.232. The summed E-state index contributed by atoms with van der Waals surface area (Å²) >= 11 is 0. The predicted molar refractivity (Wildman–Crippen MR) is 206 cm³/mol. The van der Waals surface area contributed by atoms with Gasteiger partial charge in [-0.05, 0) is 63.9 Å². The minimum atomic E-state index is -0.815. The largest absolute Gasteiger partial charge is 0.326 e. The fourth-order valence-corrected chi connectivity index (χ4v) is 8.94. The first kappa shape index (κ1) is 33.9. The zero-order valence-electron chi connectivity index (χ0n) is 28.8. The second kappa shape index (κ2) is 16.4. The van der Waals surface area contributed by atoms with Crippen LogP contribution in [-0.4, -0.2) is 26.9 Å². The molecule has 1 aromatic heterocycles. The van der Waals surface area contributed by atoms with Crippen molar-refractivity contribution in [3.05, 3.63) is 192 Å². The van der Waals surface area contributed by atoms with Gasteiger partial charge in [-0.25, -0.2) is 4.98 Å². The summed E-state index contributed by atoms with van der Waals surface area (Å²) in [6.45, 7) is 9.13. The molecule has 5 aromatic carbocycles. The highest BCUT2D eigenvalue weighted by atomic mass is 28.2. The SMILES string of the molecule is BC(c1ccccc1)c1ccccc1.CC(C)Cc1ccc(C([SiH2]c2ccccc2)(c2ccc(CC(C)C)cc2)n2ccnc2)cc1. The van der Waals surface area contributed by atoms with E-state index < -0.39 is 9.52 Å². The van der Waals surface area contributed by atoms with Crippen molar-refractivity contribution in [3.63, 3.8) is 0 Å². The molecule has 0 fully saturated rings. The van der Waals surface area contributed by atoms with Crippen molar-refractivity contribution in [1.29, 1.82) is 0 Å². The summed E-state index contributed by atoms with van der Waals surface area (Å²) in [6, 6.07) is 50.9. The smallest absolute Gasteiger partial charge is 0.116 e. The summed E-state index contributed by atoms with van der Waals surface area (Å²) in [5.41, 5.74) is 8.25. The first-order chi connectivity index (χ1) is 22.8. The van der Waals surface area contributed by atoms with Crippen molar-refractivity contribution >= 4 is 22.6 Å². The molecule has 0 amide bonds. The van der Waals surface area contributed by atoms with Crippen LogP contribution in [0, 0.1) is 11.8 Å². The first-order valence-corrected chi connectivity index (χ1v) is 18.6.